The van der Waals surface area contributed by atoms with Crippen LogP contribution in [0.3, 0.4) is 0 Å². The number of halogens is 1. The van der Waals surface area contributed by atoms with Gasteiger partial charge in [-0.25, -0.2) is 0 Å². The molecule has 3 nitrogen and oxygen atoms in total. The van der Waals surface area contributed by atoms with Gasteiger partial charge in [0.05, 0.1) is 12.7 Å². The minimum atomic E-state index is 0. The van der Waals surface area contributed by atoms with Gasteiger partial charge in [-0.05, 0) is 49.1 Å². The maximum absolute atomic E-state index is 9.68. The molecule has 2 aliphatic rings. The predicted molar refractivity (Wildman–Crippen MR) is 78.0 cm³/mol. The lowest BCUT2D eigenvalue weighted by molar-refractivity contribution is -0.0801. The third-order valence-electron chi connectivity index (χ3n) is 4.15. The van der Waals surface area contributed by atoms with Crippen LogP contribution in [-0.2, 0) is 11.2 Å². The van der Waals surface area contributed by atoms with Crippen molar-refractivity contribution in [3.63, 3.8) is 0 Å². The highest BCUT2D eigenvalue weighted by molar-refractivity contribution is 5.85. The number of morpholine rings is 1. The van der Waals surface area contributed by atoms with E-state index in [4.69, 9.17) is 4.74 Å². The topological polar surface area (TPSA) is 32.7 Å². The van der Waals surface area contributed by atoms with Crippen LogP contribution in [0.5, 0.6) is 5.75 Å². The maximum Gasteiger partial charge on any atom is 0.115 e. The average molecular weight is 284 g/mol. The summed E-state index contributed by atoms with van der Waals surface area (Å²) < 4.78 is 5.99. The van der Waals surface area contributed by atoms with Gasteiger partial charge in [-0.15, -0.1) is 12.4 Å². The van der Waals surface area contributed by atoms with E-state index in [1.165, 1.54) is 24.0 Å². The molecule has 19 heavy (non-hydrogen) atoms. The zero-order valence-corrected chi connectivity index (χ0v) is 12.2. The van der Waals surface area contributed by atoms with Gasteiger partial charge < -0.3 is 9.84 Å². The highest BCUT2D eigenvalue weighted by atomic mass is 35.5. The fourth-order valence-corrected chi connectivity index (χ4v) is 3.34. The molecular formula is C15H22ClNO2. The van der Waals surface area contributed by atoms with Gasteiger partial charge in [-0.1, -0.05) is 13.0 Å². The molecule has 0 saturated carbocycles. The van der Waals surface area contributed by atoms with Gasteiger partial charge in [-0.2, -0.15) is 0 Å². The van der Waals surface area contributed by atoms with E-state index in [-0.39, 0.29) is 18.5 Å². The van der Waals surface area contributed by atoms with Crippen LogP contribution in [0.1, 0.15) is 37.0 Å². The first-order valence-corrected chi connectivity index (χ1v) is 6.97. The Morgan fingerprint density at radius 3 is 3.05 bits per heavy atom. The van der Waals surface area contributed by atoms with Crippen molar-refractivity contribution in [2.45, 2.75) is 38.3 Å². The third-order valence-corrected chi connectivity index (χ3v) is 4.15. The summed E-state index contributed by atoms with van der Waals surface area (Å²) >= 11 is 0. The maximum atomic E-state index is 9.68. The number of hydrogen-bond donors (Lipinski definition) is 1. The average Bonchev–Trinajstić information content (AvgIpc) is 2.39. The van der Waals surface area contributed by atoms with Crippen LogP contribution in [-0.4, -0.2) is 35.7 Å². The van der Waals surface area contributed by atoms with Crippen molar-refractivity contribution in [2.75, 3.05) is 19.7 Å². The first-order chi connectivity index (χ1) is 8.79. The molecule has 1 N–H and O–H groups in total. The molecule has 3 rings (SSSR count). The van der Waals surface area contributed by atoms with Crippen molar-refractivity contribution in [3.05, 3.63) is 29.3 Å². The summed E-state index contributed by atoms with van der Waals surface area (Å²) in [5.74, 6) is 0.352. The number of ether oxygens (including phenoxy) is 1. The Kier molecular flexibility index (Phi) is 4.71. The van der Waals surface area contributed by atoms with Crippen molar-refractivity contribution < 1.29 is 9.84 Å². The van der Waals surface area contributed by atoms with Crippen LogP contribution in [0.4, 0.5) is 0 Å². The van der Waals surface area contributed by atoms with Crippen molar-refractivity contribution >= 4 is 12.4 Å². The van der Waals surface area contributed by atoms with Crippen LogP contribution in [0, 0.1) is 0 Å². The number of phenols is 1. The van der Waals surface area contributed by atoms with Gasteiger partial charge in [0.25, 0.3) is 0 Å². The highest BCUT2D eigenvalue weighted by Crippen LogP contribution is 2.39. The van der Waals surface area contributed by atoms with E-state index in [0.717, 1.165) is 26.1 Å². The van der Waals surface area contributed by atoms with E-state index >= 15 is 0 Å². The molecule has 0 radical (unpaired) electrons. The number of hydrogen-bond acceptors (Lipinski definition) is 3. The summed E-state index contributed by atoms with van der Waals surface area (Å²) in [5.41, 5.74) is 2.54. The monoisotopic (exact) mass is 283 g/mol. The number of aromatic hydroxyl groups is 1. The number of aryl methyl sites for hydroxylation is 1. The van der Waals surface area contributed by atoms with E-state index in [9.17, 15) is 5.11 Å². The summed E-state index contributed by atoms with van der Waals surface area (Å²) in [5, 5.41) is 9.68. The molecule has 1 fully saturated rings. The van der Waals surface area contributed by atoms with E-state index in [1.54, 1.807) is 6.07 Å². The number of nitrogens with zero attached hydrogens (tertiary/aromatic N) is 1. The van der Waals surface area contributed by atoms with Crippen molar-refractivity contribution in [3.8, 4) is 5.75 Å². The SMILES string of the molecule is CCCN1CCO[C@H]2c3cc(O)ccc3CC[C@@H]21.Cl. The molecule has 1 heterocycles. The van der Waals surface area contributed by atoms with Crippen molar-refractivity contribution in [1.82, 2.24) is 4.90 Å². The largest absolute Gasteiger partial charge is 0.508 e. The lowest BCUT2D eigenvalue weighted by Gasteiger charge is -2.44. The molecule has 1 aromatic rings. The Morgan fingerprint density at radius 1 is 1.42 bits per heavy atom. The summed E-state index contributed by atoms with van der Waals surface area (Å²) in [6.45, 7) is 5.23. The minimum absolute atomic E-state index is 0. The molecule has 106 valence electrons. The zero-order chi connectivity index (χ0) is 12.5. The predicted octanol–water partition coefficient (Wildman–Crippen LogP) is 2.91. The highest BCUT2D eigenvalue weighted by Gasteiger charge is 2.36. The fraction of sp³-hybridized carbons (Fsp3) is 0.600. The van der Waals surface area contributed by atoms with Gasteiger partial charge in [0.2, 0.25) is 0 Å². The van der Waals surface area contributed by atoms with E-state index in [2.05, 4.69) is 11.8 Å². The summed E-state index contributed by atoms with van der Waals surface area (Å²) in [7, 11) is 0. The second-order valence-electron chi connectivity index (χ2n) is 5.32. The third kappa shape index (κ3) is 2.73. The Bertz CT molecular complexity index is 436. The van der Waals surface area contributed by atoms with Gasteiger partial charge in [0.15, 0.2) is 0 Å². The van der Waals surface area contributed by atoms with Crippen LogP contribution < -0.4 is 0 Å². The Balaban J connectivity index is 0.00000133. The number of rotatable bonds is 2. The molecule has 1 aliphatic heterocycles. The Labute approximate surface area is 121 Å². The van der Waals surface area contributed by atoms with Crippen molar-refractivity contribution in [2.24, 2.45) is 0 Å². The summed E-state index contributed by atoms with van der Waals surface area (Å²) in [4.78, 5) is 2.56. The number of phenolic OH excluding ortho intramolecular Hbond substituents is 1. The second kappa shape index (κ2) is 6.12. The Morgan fingerprint density at radius 2 is 2.26 bits per heavy atom. The number of fused-ring (bicyclic) bond motifs is 3. The Hall–Kier alpha value is -0.770. The standard InChI is InChI=1S/C15H21NO2.ClH/c1-2-7-16-8-9-18-15-13-10-12(17)5-3-11(13)4-6-14(15)16;/h3,5,10,14-15,17H,2,4,6-9H2,1H3;1H/t14-,15-;/m0./s1. The van der Waals surface area contributed by atoms with Gasteiger partial charge >= 0.3 is 0 Å². The quantitative estimate of drug-likeness (QED) is 0.906. The lowest BCUT2D eigenvalue weighted by Crippen LogP contribution is -2.49. The lowest BCUT2D eigenvalue weighted by atomic mass is 9.84. The number of benzene rings is 1. The molecule has 0 bridgehead atoms. The fourth-order valence-electron chi connectivity index (χ4n) is 3.34. The van der Waals surface area contributed by atoms with E-state index < -0.39 is 0 Å². The van der Waals surface area contributed by atoms with Crippen molar-refractivity contribution in [1.29, 1.82) is 0 Å². The molecular weight excluding hydrogens is 262 g/mol. The molecule has 0 spiro atoms. The molecule has 1 aromatic carbocycles. The molecule has 1 saturated heterocycles. The van der Waals surface area contributed by atoms with Gasteiger partial charge in [0, 0.05) is 12.6 Å². The molecule has 0 amide bonds. The van der Waals surface area contributed by atoms with Crippen LogP contribution in [0.15, 0.2) is 18.2 Å². The smallest absolute Gasteiger partial charge is 0.115 e. The molecule has 0 aromatic heterocycles. The van der Waals surface area contributed by atoms with Gasteiger partial charge in [0.1, 0.15) is 5.75 Å². The van der Waals surface area contributed by atoms with Gasteiger partial charge in [-0.3, -0.25) is 4.90 Å². The van der Waals surface area contributed by atoms with Crippen LogP contribution in [0.25, 0.3) is 0 Å². The minimum Gasteiger partial charge on any atom is -0.508 e. The normalized spacial score (nSPS) is 26.2. The van der Waals surface area contributed by atoms with E-state index in [0.29, 0.717) is 11.8 Å². The summed E-state index contributed by atoms with van der Waals surface area (Å²) in [6.07, 6.45) is 3.61. The first kappa shape index (κ1) is 14.6. The van der Waals surface area contributed by atoms with E-state index in [1.807, 2.05) is 12.1 Å². The molecule has 4 heteroatoms. The zero-order valence-electron chi connectivity index (χ0n) is 11.3. The molecule has 2 atom stereocenters. The van der Waals surface area contributed by atoms with Crippen LogP contribution in [0.2, 0.25) is 0 Å². The molecule has 0 unspecified atom stereocenters. The molecule has 1 aliphatic carbocycles. The summed E-state index contributed by atoms with van der Waals surface area (Å²) in [6, 6.07) is 6.21. The first-order valence-electron chi connectivity index (χ1n) is 6.97. The second-order valence-corrected chi connectivity index (χ2v) is 5.32. The van der Waals surface area contributed by atoms with Crippen LogP contribution >= 0.6 is 12.4 Å².